The molecule has 3 aromatic heterocycles. The molecule has 0 aliphatic heterocycles. The van der Waals surface area contributed by atoms with Gasteiger partial charge >= 0.3 is 6.18 Å². The van der Waals surface area contributed by atoms with E-state index in [1.807, 2.05) is 33.8 Å². The van der Waals surface area contributed by atoms with Gasteiger partial charge in [-0.05, 0) is 50.5 Å². The lowest BCUT2D eigenvalue weighted by atomic mass is 10.0. The predicted octanol–water partition coefficient (Wildman–Crippen LogP) is 6.02. The highest BCUT2D eigenvalue weighted by Gasteiger charge is 2.38. The number of hydrogen-bond acceptors (Lipinski definition) is 5. The second-order valence-electron chi connectivity index (χ2n) is 9.11. The van der Waals surface area contributed by atoms with Crippen molar-refractivity contribution < 1.29 is 18.0 Å². The lowest BCUT2D eigenvalue weighted by molar-refractivity contribution is -0.141. The molecule has 38 heavy (non-hydrogen) atoms. The summed E-state index contributed by atoms with van der Waals surface area (Å²) < 4.78 is 44.5. The summed E-state index contributed by atoms with van der Waals surface area (Å²) in [6.45, 7) is 8.52. The lowest BCUT2D eigenvalue weighted by Crippen LogP contribution is -2.25. The van der Waals surface area contributed by atoms with Gasteiger partial charge in [0.05, 0.1) is 24.0 Å². The number of carbonyl (C=O) groups is 1. The van der Waals surface area contributed by atoms with Crippen molar-refractivity contribution in [3.8, 4) is 11.3 Å². The molecule has 0 bridgehead atoms. The Bertz CT molecular complexity index is 1480. The minimum Gasteiger partial charge on any atom is -0.352 e. The van der Waals surface area contributed by atoms with Crippen LogP contribution in [-0.2, 0) is 19.1 Å². The number of benzene rings is 1. The Balaban J connectivity index is 1.70. The van der Waals surface area contributed by atoms with Crippen molar-refractivity contribution in [3.63, 3.8) is 0 Å². The third-order valence-corrected chi connectivity index (χ3v) is 5.95. The maximum absolute atomic E-state index is 13.9. The summed E-state index contributed by atoms with van der Waals surface area (Å²) in [6, 6.07) is 5.38. The normalized spacial score (nSPS) is 11.6. The number of carbonyl (C=O) groups excluding carboxylic acids is 1. The molecule has 0 aliphatic carbocycles. The molecular formula is C27H30F3N7O. The number of rotatable bonds is 9. The second-order valence-corrected chi connectivity index (χ2v) is 9.11. The summed E-state index contributed by atoms with van der Waals surface area (Å²) in [4.78, 5) is 21.2. The number of amides is 1. The van der Waals surface area contributed by atoms with Gasteiger partial charge in [0, 0.05) is 36.4 Å². The molecule has 4 aromatic rings. The Morgan fingerprint density at radius 3 is 2.63 bits per heavy atom. The molecule has 0 radical (unpaired) electrons. The van der Waals surface area contributed by atoms with Gasteiger partial charge < -0.3 is 10.6 Å². The zero-order valence-corrected chi connectivity index (χ0v) is 21.7. The van der Waals surface area contributed by atoms with Crippen molar-refractivity contribution in [2.24, 2.45) is 0 Å². The fourth-order valence-corrected chi connectivity index (χ4v) is 4.05. The summed E-state index contributed by atoms with van der Waals surface area (Å²) in [6.07, 6.45) is 4.49. The highest BCUT2D eigenvalue weighted by Crippen LogP contribution is 2.37. The molecule has 0 atom stereocenters. The van der Waals surface area contributed by atoms with E-state index in [0.717, 1.165) is 17.6 Å². The van der Waals surface area contributed by atoms with Gasteiger partial charge in [0.1, 0.15) is 0 Å². The van der Waals surface area contributed by atoms with Gasteiger partial charge in [-0.15, -0.1) is 0 Å². The lowest BCUT2D eigenvalue weighted by Gasteiger charge is -2.12. The number of halogens is 3. The SMILES string of the molecule is CCCNC(=O)c1ccc(Nc2nccn3c(-c4cn(CC=C(C)C)nc4C(F)(F)F)cnc23)cc1CC. The molecule has 0 saturated heterocycles. The van der Waals surface area contributed by atoms with Gasteiger partial charge in [0.25, 0.3) is 5.91 Å². The Labute approximate surface area is 218 Å². The van der Waals surface area contributed by atoms with E-state index in [2.05, 4.69) is 25.7 Å². The highest BCUT2D eigenvalue weighted by molar-refractivity contribution is 5.96. The van der Waals surface area contributed by atoms with E-state index in [1.165, 1.54) is 23.3 Å². The minimum absolute atomic E-state index is 0.0694. The van der Waals surface area contributed by atoms with Crippen molar-refractivity contribution in [2.45, 2.75) is 53.3 Å². The van der Waals surface area contributed by atoms with E-state index >= 15 is 0 Å². The number of hydrogen-bond donors (Lipinski definition) is 2. The van der Waals surface area contributed by atoms with E-state index in [9.17, 15) is 18.0 Å². The van der Waals surface area contributed by atoms with Crippen molar-refractivity contribution in [1.29, 1.82) is 0 Å². The van der Waals surface area contributed by atoms with Crippen LogP contribution in [0.1, 0.15) is 55.7 Å². The molecule has 2 N–H and O–H groups in total. The summed E-state index contributed by atoms with van der Waals surface area (Å²) in [5, 5.41) is 9.90. The monoisotopic (exact) mass is 525 g/mol. The van der Waals surface area contributed by atoms with E-state index in [-0.39, 0.29) is 23.7 Å². The average Bonchev–Trinajstić information content (AvgIpc) is 3.51. The highest BCUT2D eigenvalue weighted by atomic mass is 19.4. The summed E-state index contributed by atoms with van der Waals surface area (Å²) >= 11 is 0. The topological polar surface area (TPSA) is 89.1 Å². The van der Waals surface area contributed by atoms with Gasteiger partial charge in [-0.3, -0.25) is 13.9 Å². The largest absolute Gasteiger partial charge is 0.435 e. The minimum atomic E-state index is -4.63. The first-order valence-electron chi connectivity index (χ1n) is 12.4. The van der Waals surface area contributed by atoms with E-state index < -0.39 is 11.9 Å². The van der Waals surface area contributed by atoms with Crippen LogP contribution in [-0.4, -0.2) is 36.6 Å². The first-order valence-corrected chi connectivity index (χ1v) is 12.4. The van der Waals surface area contributed by atoms with Crippen LogP contribution in [0.5, 0.6) is 0 Å². The third kappa shape index (κ3) is 5.71. The molecule has 0 saturated carbocycles. The third-order valence-electron chi connectivity index (χ3n) is 5.95. The summed E-state index contributed by atoms with van der Waals surface area (Å²) in [5.41, 5.74) is 2.69. The standard InChI is InChI=1S/C27H30F3N7O/c1-5-10-32-26(38)20-8-7-19(14-18(20)6-2)34-24-25-33-15-22(37(25)13-11-31-24)21-16-36(12-9-17(3)4)35-23(21)27(28,29)30/h7-9,11,13-16H,5-6,10,12H2,1-4H3,(H,31,34)(H,32,38). The molecule has 0 aliphatic rings. The zero-order valence-electron chi connectivity index (χ0n) is 21.7. The summed E-state index contributed by atoms with van der Waals surface area (Å²) in [5.74, 6) is 0.244. The Morgan fingerprint density at radius 2 is 1.95 bits per heavy atom. The Kier molecular flexibility index (Phi) is 7.84. The predicted molar refractivity (Wildman–Crippen MR) is 140 cm³/mol. The Morgan fingerprint density at radius 1 is 1.16 bits per heavy atom. The number of aryl methyl sites for hydroxylation is 1. The molecule has 1 aromatic carbocycles. The second kappa shape index (κ2) is 11.1. The quantitative estimate of drug-likeness (QED) is 0.261. The van der Waals surface area contributed by atoms with Gasteiger partial charge in [-0.1, -0.05) is 25.5 Å². The number of nitrogens with one attached hydrogen (secondary N) is 2. The van der Waals surface area contributed by atoms with Crippen LogP contribution < -0.4 is 10.6 Å². The molecule has 0 unspecified atom stereocenters. The van der Waals surface area contributed by atoms with Crippen molar-refractivity contribution in [1.82, 2.24) is 29.5 Å². The first-order chi connectivity index (χ1) is 18.1. The molecule has 200 valence electrons. The van der Waals surface area contributed by atoms with Gasteiger partial charge in [-0.2, -0.15) is 18.3 Å². The smallest absolute Gasteiger partial charge is 0.352 e. The zero-order chi connectivity index (χ0) is 27.4. The number of fused-ring (bicyclic) bond motifs is 1. The Hall–Kier alpha value is -4.15. The van der Waals surface area contributed by atoms with Crippen LogP contribution in [0.4, 0.5) is 24.7 Å². The molecule has 8 nitrogen and oxygen atoms in total. The molecular weight excluding hydrogens is 495 g/mol. The maximum Gasteiger partial charge on any atom is 0.435 e. The van der Waals surface area contributed by atoms with Crippen molar-refractivity contribution >= 4 is 23.1 Å². The number of nitrogens with zero attached hydrogens (tertiary/aromatic N) is 5. The summed E-state index contributed by atoms with van der Waals surface area (Å²) in [7, 11) is 0. The van der Waals surface area contributed by atoms with E-state index in [1.54, 1.807) is 28.8 Å². The fraction of sp³-hybridized carbons (Fsp3) is 0.333. The molecule has 1 amide bonds. The molecule has 3 heterocycles. The van der Waals surface area contributed by atoms with Crippen LogP contribution in [0.15, 0.2) is 54.6 Å². The van der Waals surface area contributed by atoms with Crippen LogP contribution in [0.25, 0.3) is 16.9 Å². The van der Waals surface area contributed by atoms with Gasteiger partial charge in [0.15, 0.2) is 17.2 Å². The van der Waals surface area contributed by atoms with Crippen LogP contribution in [0, 0.1) is 0 Å². The van der Waals surface area contributed by atoms with E-state index in [4.69, 9.17) is 0 Å². The van der Waals surface area contributed by atoms with E-state index in [0.29, 0.717) is 35.7 Å². The number of anilines is 2. The first kappa shape index (κ1) is 26.9. The number of allylic oxidation sites excluding steroid dienone is 2. The van der Waals surface area contributed by atoms with Crippen molar-refractivity contribution in [2.75, 3.05) is 11.9 Å². The van der Waals surface area contributed by atoms with Gasteiger partial charge in [0.2, 0.25) is 0 Å². The number of imidazole rings is 1. The average molecular weight is 526 g/mol. The van der Waals surface area contributed by atoms with Crippen molar-refractivity contribution in [3.05, 3.63) is 71.5 Å². The molecule has 0 fully saturated rings. The van der Waals surface area contributed by atoms with Crippen LogP contribution >= 0.6 is 0 Å². The number of alkyl halides is 3. The number of aromatic nitrogens is 5. The van der Waals surface area contributed by atoms with Crippen LogP contribution in [0.2, 0.25) is 0 Å². The van der Waals surface area contributed by atoms with Crippen LogP contribution in [0.3, 0.4) is 0 Å². The fourth-order valence-electron chi connectivity index (χ4n) is 4.05. The van der Waals surface area contributed by atoms with Gasteiger partial charge in [-0.25, -0.2) is 9.97 Å². The maximum atomic E-state index is 13.9. The molecule has 11 heteroatoms. The molecule has 4 rings (SSSR count). The molecule has 0 spiro atoms.